The van der Waals surface area contributed by atoms with Gasteiger partial charge in [-0.25, -0.2) is 0 Å². The molecule has 0 aliphatic heterocycles. The van der Waals surface area contributed by atoms with Gasteiger partial charge in [-0.15, -0.1) is 0 Å². The third-order valence-corrected chi connectivity index (χ3v) is 2.80. The highest BCUT2D eigenvalue weighted by Crippen LogP contribution is 2.07. The van der Waals surface area contributed by atoms with Crippen LogP contribution in [0.25, 0.3) is 0 Å². The molecule has 1 aromatic rings. The first kappa shape index (κ1) is 14.4. The van der Waals surface area contributed by atoms with Crippen LogP contribution < -0.4 is 11.1 Å². The van der Waals surface area contributed by atoms with Crippen LogP contribution in [-0.4, -0.2) is 42.0 Å². The summed E-state index contributed by atoms with van der Waals surface area (Å²) in [6.45, 7) is 7.81. The fraction of sp³-hybridized carbons (Fsp3) is 0.538. The summed E-state index contributed by atoms with van der Waals surface area (Å²) >= 11 is 0. The molecule has 1 rings (SSSR count). The number of rotatable bonds is 7. The predicted octanol–water partition coefficient (Wildman–Crippen LogP) is 1.13. The Morgan fingerprint density at radius 3 is 2.83 bits per heavy atom. The van der Waals surface area contributed by atoms with Crippen LogP contribution in [0.2, 0.25) is 0 Å². The van der Waals surface area contributed by atoms with E-state index in [0.29, 0.717) is 17.8 Å². The van der Waals surface area contributed by atoms with E-state index in [1.165, 1.54) is 6.20 Å². The molecule has 0 bridgehead atoms. The molecule has 0 saturated heterocycles. The van der Waals surface area contributed by atoms with Crippen molar-refractivity contribution in [3.8, 4) is 0 Å². The maximum Gasteiger partial charge on any atom is 0.254 e. The first-order valence-electron chi connectivity index (χ1n) is 6.39. The number of anilines is 1. The molecule has 3 N–H and O–H groups in total. The number of carbonyl (C=O) groups excluding carboxylic acids is 1. The highest BCUT2D eigenvalue weighted by Gasteiger charge is 2.09. The molecule has 0 aromatic carbocycles. The van der Waals surface area contributed by atoms with Gasteiger partial charge in [0.05, 0.1) is 5.56 Å². The van der Waals surface area contributed by atoms with Gasteiger partial charge in [0.1, 0.15) is 0 Å². The lowest BCUT2D eigenvalue weighted by molar-refractivity contribution is 0.0949. The molecule has 0 aliphatic carbocycles. The van der Waals surface area contributed by atoms with Gasteiger partial charge in [0.2, 0.25) is 0 Å². The number of hydrogen-bond acceptors (Lipinski definition) is 4. The van der Waals surface area contributed by atoms with Crippen LogP contribution in [0.5, 0.6) is 0 Å². The maximum absolute atomic E-state index is 11.8. The Morgan fingerprint density at radius 2 is 2.22 bits per heavy atom. The monoisotopic (exact) mass is 250 g/mol. The van der Waals surface area contributed by atoms with Crippen LogP contribution in [-0.2, 0) is 0 Å². The highest BCUT2D eigenvalue weighted by atomic mass is 16.1. The van der Waals surface area contributed by atoms with Gasteiger partial charge in [-0.05, 0) is 25.6 Å². The lowest BCUT2D eigenvalue weighted by Gasteiger charge is -2.19. The van der Waals surface area contributed by atoms with Crippen LogP contribution >= 0.6 is 0 Å². The van der Waals surface area contributed by atoms with Gasteiger partial charge < -0.3 is 16.0 Å². The van der Waals surface area contributed by atoms with E-state index in [4.69, 9.17) is 5.73 Å². The number of pyridine rings is 1. The second-order valence-corrected chi connectivity index (χ2v) is 4.15. The number of amides is 1. The molecule has 0 fully saturated rings. The zero-order valence-corrected chi connectivity index (χ0v) is 11.1. The molecule has 5 nitrogen and oxygen atoms in total. The van der Waals surface area contributed by atoms with Crippen molar-refractivity contribution in [1.82, 2.24) is 15.2 Å². The molecule has 0 spiro atoms. The van der Waals surface area contributed by atoms with Gasteiger partial charge in [0.15, 0.2) is 0 Å². The summed E-state index contributed by atoms with van der Waals surface area (Å²) in [5.74, 6) is -0.159. The van der Waals surface area contributed by atoms with E-state index in [2.05, 4.69) is 29.0 Å². The molecule has 0 saturated carbocycles. The molecule has 1 amide bonds. The number of nitrogen functional groups attached to an aromatic ring is 1. The van der Waals surface area contributed by atoms with E-state index in [1.54, 1.807) is 12.3 Å². The van der Waals surface area contributed by atoms with Gasteiger partial charge in [-0.1, -0.05) is 13.8 Å². The van der Waals surface area contributed by atoms with Crippen molar-refractivity contribution in [3.63, 3.8) is 0 Å². The standard InChI is InChI=1S/C13H22N4O/c1-3-8-17(4-2)9-7-16-13(18)11-10-15-6-5-12(11)14/h5-6,10H,3-4,7-9H2,1-2H3,(H2,14,15)(H,16,18). The average Bonchev–Trinajstić information content (AvgIpc) is 2.38. The van der Waals surface area contributed by atoms with E-state index in [9.17, 15) is 4.79 Å². The molecule has 0 atom stereocenters. The Kier molecular flexibility index (Phi) is 6.14. The van der Waals surface area contributed by atoms with Gasteiger partial charge >= 0.3 is 0 Å². The quantitative estimate of drug-likeness (QED) is 0.761. The van der Waals surface area contributed by atoms with Crippen LogP contribution in [0.3, 0.4) is 0 Å². The maximum atomic E-state index is 11.8. The summed E-state index contributed by atoms with van der Waals surface area (Å²) in [5.41, 5.74) is 6.62. The molecule has 100 valence electrons. The molecule has 0 radical (unpaired) electrons. The van der Waals surface area contributed by atoms with Crippen molar-refractivity contribution in [1.29, 1.82) is 0 Å². The number of aromatic nitrogens is 1. The van der Waals surface area contributed by atoms with Gasteiger partial charge in [-0.3, -0.25) is 9.78 Å². The molecule has 18 heavy (non-hydrogen) atoms. The van der Waals surface area contributed by atoms with E-state index in [0.717, 1.165) is 26.1 Å². The summed E-state index contributed by atoms with van der Waals surface area (Å²) < 4.78 is 0. The molecule has 1 aromatic heterocycles. The lowest BCUT2D eigenvalue weighted by atomic mass is 10.2. The zero-order valence-electron chi connectivity index (χ0n) is 11.1. The number of nitrogens with two attached hydrogens (primary N) is 1. The normalized spacial score (nSPS) is 10.6. The molecule has 5 heteroatoms. The first-order valence-corrected chi connectivity index (χ1v) is 6.39. The minimum absolute atomic E-state index is 0.159. The van der Waals surface area contributed by atoms with E-state index in [-0.39, 0.29) is 5.91 Å². The van der Waals surface area contributed by atoms with Crippen molar-refractivity contribution in [2.24, 2.45) is 0 Å². The number of hydrogen-bond donors (Lipinski definition) is 2. The Hall–Kier alpha value is -1.62. The van der Waals surface area contributed by atoms with Gasteiger partial charge in [-0.2, -0.15) is 0 Å². The van der Waals surface area contributed by atoms with E-state index >= 15 is 0 Å². The van der Waals surface area contributed by atoms with Crippen LogP contribution in [0, 0.1) is 0 Å². The summed E-state index contributed by atoms with van der Waals surface area (Å²) in [5, 5.41) is 2.86. The second kappa shape index (κ2) is 7.66. The number of likely N-dealkylation sites (N-methyl/N-ethyl adjacent to an activating group) is 1. The number of carbonyl (C=O) groups is 1. The van der Waals surface area contributed by atoms with Crippen molar-refractivity contribution in [3.05, 3.63) is 24.0 Å². The van der Waals surface area contributed by atoms with Crippen molar-refractivity contribution < 1.29 is 4.79 Å². The van der Waals surface area contributed by atoms with Crippen molar-refractivity contribution >= 4 is 11.6 Å². The van der Waals surface area contributed by atoms with Crippen molar-refractivity contribution in [2.75, 3.05) is 31.9 Å². The van der Waals surface area contributed by atoms with Gasteiger partial charge in [0, 0.05) is 31.2 Å². The Bertz CT molecular complexity index is 381. The molecule has 0 aliphatic rings. The first-order chi connectivity index (χ1) is 8.69. The zero-order chi connectivity index (χ0) is 13.4. The lowest BCUT2D eigenvalue weighted by Crippen LogP contribution is -2.35. The van der Waals surface area contributed by atoms with Gasteiger partial charge in [0.25, 0.3) is 5.91 Å². The topological polar surface area (TPSA) is 71.2 Å². The third-order valence-electron chi connectivity index (χ3n) is 2.80. The molecular weight excluding hydrogens is 228 g/mol. The van der Waals surface area contributed by atoms with Crippen LogP contribution in [0.4, 0.5) is 5.69 Å². The number of nitrogens with one attached hydrogen (secondary N) is 1. The number of nitrogens with zero attached hydrogens (tertiary/aromatic N) is 2. The summed E-state index contributed by atoms with van der Waals surface area (Å²) in [6, 6.07) is 1.63. The minimum atomic E-state index is -0.159. The largest absolute Gasteiger partial charge is 0.398 e. The Morgan fingerprint density at radius 1 is 1.44 bits per heavy atom. The second-order valence-electron chi connectivity index (χ2n) is 4.15. The molecule has 0 unspecified atom stereocenters. The van der Waals surface area contributed by atoms with Crippen molar-refractivity contribution in [2.45, 2.75) is 20.3 Å². The Balaban J connectivity index is 2.40. The third kappa shape index (κ3) is 4.33. The summed E-state index contributed by atoms with van der Waals surface area (Å²) in [7, 11) is 0. The molecular formula is C13H22N4O. The smallest absolute Gasteiger partial charge is 0.254 e. The minimum Gasteiger partial charge on any atom is -0.398 e. The van der Waals surface area contributed by atoms with E-state index in [1.807, 2.05) is 0 Å². The SMILES string of the molecule is CCCN(CC)CCNC(=O)c1cnccc1N. The van der Waals surface area contributed by atoms with E-state index < -0.39 is 0 Å². The predicted molar refractivity (Wildman–Crippen MR) is 73.4 cm³/mol. The highest BCUT2D eigenvalue weighted by molar-refractivity contribution is 5.98. The van der Waals surface area contributed by atoms with Crippen LogP contribution in [0.15, 0.2) is 18.5 Å². The fourth-order valence-electron chi connectivity index (χ4n) is 1.76. The van der Waals surface area contributed by atoms with Crippen LogP contribution in [0.1, 0.15) is 30.6 Å². The summed E-state index contributed by atoms with van der Waals surface area (Å²) in [6.07, 6.45) is 4.19. The Labute approximate surface area is 108 Å². The fourth-order valence-corrected chi connectivity index (χ4v) is 1.76. The molecule has 1 heterocycles. The summed E-state index contributed by atoms with van der Waals surface area (Å²) in [4.78, 5) is 18.0. The average molecular weight is 250 g/mol.